The molecule has 0 spiro atoms. The van der Waals surface area contributed by atoms with Crippen molar-refractivity contribution in [1.29, 1.82) is 0 Å². The van der Waals surface area contributed by atoms with Crippen LogP contribution in [0.2, 0.25) is 0 Å². The van der Waals surface area contributed by atoms with E-state index >= 15 is 0 Å². The summed E-state index contributed by atoms with van der Waals surface area (Å²) in [6.45, 7) is 2.69. The molecule has 5 heteroatoms. The summed E-state index contributed by atoms with van der Waals surface area (Å²) in [5, 5.41) is 0. The van der Waals surface area contributed by atoms with Gasteiger partial charge in [-0.1, -0.05) is 31.9 Å². The molecule has 0 aromatic heterocycles. The zero-order valence-corrected chi connectivity index (χ0v) is 13.4. The highest BCUT2D eigenvalue weighted by molar-refractivity contribution is 7.89. The van der Waals surface area contributed by atoms with Crippen molar-refractivity contribution in [3.05, 3.63) is 29.8 Å². The van der Waals surface area contributed by atoms with Crippen LogP contribution in [-0.2, 0) is 16.4 Å². The average molecular weight is 316 g/mol. The first-order valence-electron chi connectivity index (χ1n) is 7.10. The molecule has 0 amide bonds. The van der Waals surface area contributed by atoms with Gasteiger partial charge in [-0.25, -0.2) is 13.1 Å². The highest BCUT2D eigenvalue weighted by atomic mass is 35.5. The minimum Gasteiger partial charge on any atom is -0.211 e. The SMILES string of the molecule is CC1(CNS(=O)(=O)c2ccc(CCCl)cc2)CCCC1. The summed E-state index contributed by atoms with van der Waals surface area (Å²) in [6.07, 6.45) is 5.36. The van der Waals surface area contributed by atoms with Gasteiger partial charge in [0.15, 0.2) is 0 Å². The largest absolute Gasteiger partial charge is 0.240 e. The number of aryl methyl sites for hydroxylation is 1. The molecule has 0 aliphatic heterocycles. The zero-order valence-electron chi connectivity index (χ0n) is 11.9. The molecule has 3 nitrogen and oxygen atoms in total. The van der Waals surface area contributed by atoms with Crippen molar-refractivity contribution < 1.29 is 8.42 Å². The van der Waals surface area contributed by atoms with E-state index < -0.39 is 10.0 Å². The maximum Gasteiger partial charge on any atom is 0.240 e. The molecule has 1 N–H and O–H groups in total. The van der Waals surface area contributed by atoms with Crippen molar-refractivity contribution in [2.75, 3.05) is 12.4 Å². The van der Waals surface area contributed by atoms with Crippen molar-refractivity contribution in [3.63, 3.8) is 0 Å². The monoisotopic (exact) mass is 315 g/mol. The molecule has 2 rings (SSSR count). The Bertz CT molecular complexity index is 533. The minimum atomic E-state index is -3.40. The van der Waals surface area contributed by atoms with Crippen LogP contribution < -0.4 is 4.72 Å². The second-order valence-electron chi connectivity index (χ2n) is 5.93. The van der Waals surface area contributed by atoms with Crippen LogP contribution in [0, 0.1) is 5.41 Å². The Morgan fingerprint density at radius 1 is 1.20 bits per heavy atom. The van der Waals surface area contributed by atoms with Crippen molar-refractivity contribution in [2.24, 2.45) is 5.41 Å². The number of rotatable bonds is 6. The summed E-state index contributed by atoms with van der Waals surface area (Å²) in [4.78, 5) is 0.331. The molecule has 112 valence electrons. The molecule has 0 radical (unpaired) electrons. The van der Waals surface area contributed by atoms with E-state index in [9.17, 15) is 8.42 Å². The van der Waals surface area contributed by atoms with E-state index in [2.05, 4.69) is 11.6 Å². The van der Waals surface area contributed by atoms with E-state index in [1.54, 1.807) is 12.1 Å². The Kier molecular flexibility index (Phi) is 5.10. The van der Waals surface area contributed by atoms with Gasteiger partial charge in [-0.15, -0.1) is 11.6 Å². The van der Waals surface area contributed by atoms with E-state index in [-0.39, 0.29) is 5.41 Å². The Balaban J connectivity index is 2.02. The van der Waals surface area contributed by atoms with E-state index in [4.69, 9.17) is 11.6 Å². The maximum absolute atomic E-state index is 12.3. The lowest BCUT2D eigenvalue weighted by molar-refractivity contribution is 0.336. The molecular formula is C15H22ClNO2S. The van der Waals surface area contributed by atoms with Gasteiger partial charge in [0.2, 0.25) is 10.0 Å². The average Bonchev–Trinajstić information content (AvgIpc) is 2.85. The topological polar surface area (TPSA) is 46.2 Å². The summed E-state index contributed by atoms with van der Waals surface area (Å²) in [6, 6.07) is 6.96. The summed E-state index contributed by atoms with van der Waals surface area (Å²) in [5.41, 5.74) is 1.17. The van der Waals surface area contributed by atoms with Crippen LogP contribution >= 0.6 is 11.6 Å². The second kappa shape index (κ2) is 6.46. The van der Waals surface area contributed by atoms with Gasteiger partial charge in [0.05, 0.1) is 4.90 Å². The van der Waals surface area contributed by atoms with Crippen molar-refractivity contribution in [1.82, 2.24) is 4.72 Å². The van der Waals surface area contributed by atoms with E-state index in [1.165, 1.54) is 12.8 Å². The molecule has 1 aromatic rings. The Hall–Kier alpha value is -0.580. The number of hydrogen-bond donors (Lipinski definition) is 1. The molecular weight excluding hydrogens is 294 g/mol. The van der Waals surface area contributed by atoms with Gasteiger partial charge in [-0.3, -0.25) is 0 Å². The summed E-state index contributed by atoms with van der Waals surface area (Å²) < 4.78 is 27.3. The first kappa shape index (κ1) is 15.8. The fourth-order valence-electron chi connectivity index (χ4n) is 2.70. The first-order chi connectivity index (χ1) is 9.45. The number of halogens is 1. The Morgan fingerprint density at radius 3 is 2.35 bits per heavy atom. The molecule has 1 aliphatic carbocycles. The molecule has 1 fully saturated rings. The van der Waals surface area contributed by atoms with Crippen LogP contribution in [0.3, 0.4) is 0 Å². The third-order valence-corrected chi connectivity index (χ3v) is 5.72. The van der Waals surface area contributed by atoms with Gasteiger partial charge < -0.3 is 0 Å². The molecule has 1 aromatic carbocycles. The lowest BCUT2D eigenvalue weighted by Crippen LogP contribution is -2.34. The van der Waals surface area contributed by atoms with Gasteiger partial charge in [0.25, 0.3) is 0 Å². The van der Waals surface area contributed by atoms with Gasteiger partial charge in [0.1, 0.15) is 0 Å². The van der Waals surface area contributed by atoms with E-state index in [0.717, 1.165) is 24.8 Å². The van der Waals surface area contributed by atoms with Crippen LogP contribution in [0.25, 0.3) is 0 Å². The van der Waals surface area contributed by atoms with Crippen LogP contribution in [0.5, 0.6) is 0 Å². The number of benzene rings is 1. The van der Waals surface area contributed by atoms with Gasteiger partial charge in [-0.05, 0) is 42.4 Å². The maximum atomic E-state index is 12.3. The molecule has 0 bridgehead atoms. The summed E-state index contributed by atoms with van der Waals surface area (Å²) in [5.74, 6) is 0.544. The first-order valence-corrected chi connectivity index (χ1v) is 9.12. The molecule has 1 aliphatic rings. The molecule has 0 heterocycles. The smallest absolute Gasteiger partial charge is 0.211 e. The lowest BCUT2D eigenvalue weighted by atomic mass is 9.89. The number of sulfonamides is 1. The van der Waals surface area contributed by atoms with Crippen molar-refractivity contribution in [3.8, 4) is 0 Å². The second-order valence-corrected chi connectivity index (χ2v) is 8.07. The van der Waals surface area contributed by atoms with Gasteiger partial charge in [0, 0.05) is 12.4 Å². The molecule has 0 saturated heterocycles. The minimum absolute atomic E-state index is 0.117. The predicted molar refractivity (Wildman–Crippen MR) is 82.6 cm³/mol. The standard InChI is InChI=1S/C15H22ClNO2S/c1-15(9-2-3-10-15)12-17-20(18,19)14-6-4-13(5-7-14)8-11-16/h4-7,17H,2-3,8-12H2,1H3. The number of alkyl halides is 1. The molecule has 0 unspecified atom stereocenters. The number of hydrogen-bond acceptors (Lipinski definition) is 2. The fourth-order valence-corrected chi connectivity index (χ4v) is 4.12. The fraction of sp³-hybridized carbons (Fsp3) is 0.600. The highest BCUT2D eigenvalue weighted by Gasteiger charge is 2.30. The van der Waals surface area contributed by atoms with E-state index in [0.29, 0.717) is 17.3 Å². The predicted octanol–water partition coefficient (Wildman–Crippen LogP) is 3.33. The van der Waals surface area contributed by atoms with Crippen LogP contribution in [0.4, 0.5) is 0 Å². The normalized spacial score (nSPS) is 18.3. The number of nitrogens with one attached hydrogen (secondary N) is 1. The summed E-state index contributed by atoms with van der Waals surface area (Å²) >= 11 is 5.67. The van der Waals surface area contributed by atoms with Crippen molar-refractivity contribution in [2.45, 2.75) is 43.9 Å². The van der Waals surface area contributed by atoms with Gasteiger partial charge >= 0.3 is 0 Å². The van der Waals surface area contributed by atoms with Gasteiger partial charge in [-0.2, -0.15) is 0 Å². The Labute approximate surface area is 126 Å². The molecule has 1 saturated carbocycles. The van der Waals surface area contributed by atoms with E-state index in [1.807, 2.05) is 12.1 Å². The summed E-state index contributed by atoms with van der Waals surface area (Å²) in [7, 11) is -3.40. The van der Waals surface area contributed by atoms with Crippen LogP contribution in [0.1, 0.15) is 38.2 Å². The zero-order chi connectivity index (χ0) is 14.6. The van der Waals surface area contributed by atoms with Crippen molar-refractivity contribution >= 4 is 21.6 Å². The third kappa shape index (κ3) is 3.96. The Morgan fingerprint density at radius 2 is 1.80 bits per heavy atom. The third-order valence-electron chi connectivity index (χ3n) is 4.12. The molecule has 0 atom stereocenters. The quantitative estimate of drug-likeness (QED) is 0.818. The van der Waals surface area contributed by atoms with Crippen LogP contribution in [0.15, 0.2) is 29.2 Å². The lowest BCUT2D eigenvalue weighted by Gasteiger charge is -2.23. The highest BCUT2D eigenvalue weighted by Crippen LogP contribution is 2.36. The molecule has 20 heavy (non-hydrogen) atoms. The van der Waals surface area contributed by atoms with Crippen LogP contribution in [-0.4, -0.2) is 20.8 Å².